The number of cyclic esters (lactones) is 2. The van der Waals surface area contributed by atoms with Crippen LogP contribution in [0.1, 0.15) is 328 Å². The molecule has 1 heterocycles. The first-order valence-electron chi connectivity index (χ1n) is 27.6. The van der Waals surface area contributed by atoms with Crippen molar-refractivity contribution in [3.05, 3.63) is 12.2 Å². The molecule has 0 amide bonds. The summed E-state index contributed by atoms with van der Waals surface area (Å²) in [7, 11) is 0. The third kappa shape index (κ3) is 43.3. The summed E-state index contributed by atoms with van der Waals surface area (Å²) >= 11 is 0. The lowest BCUT2D eigenvalue weighted by Gasteiger charge is -2.05. The molecule has 1 atom stereocenters. The molecule has 1 fully saturated rings. The number of carbonyl (C=O) groups excluding carboxylic acids is 2. The smallest absolute Gasteiger partial charge is 0.321 e. The first kappa shape index (κ1) is 55.9. The SMILES string of the molecule is CCCCCCCCCCCCCCCCCCCCCCCCCCCCCCCCCCCCCCCCCCCCCCCCCCC=CC1CC(=O)OC1=O. The average Bonchev–Trinajstić information content (AvgIpc) is 3.57. The highest BCUT2D eigenvalue weighted by Crippen LogP contribution is 2.20. The molecular formula is C56H106O3. The second-order valence-corrected chi connectivity index (χ2v) is 19.4. The van der Waals surface area contributed by atoms with Crippen molar-refractivity contribution >= 4 is 11.9 Å². The normalized spacial score (nSPS) is 14.4. The van der Waals surface area contributed by atoms with E-state index in [0.29, 0.717) is 0 Å². The van der Waals surface area contributed by atoms with Crippen LogP contribution in [0.15, 0.2) is 12.2 Å². The minimum absolute atomic E-state index is 0.217. The second-order valence-electron chi connectivity index (χ2n) is 19.4. The highest BCUT2D eigenvalue weighted by atomic mass is 16.6. The standard InChI is InChI=1S/C56H106O3/c1-2-3-4-5-6-7-8-9-10-11-12-13-14-15-16-17-18-19-20-21-22-23-24-25-26-27-28-29-30-31-32-33-34-35-36-37-38-39-40-41-42-43-44-45-46-47-48-49-50-51-52-54-53-55(57)59-56(54)58/h51-52,54H,2-50,53H2,1H3. The Morgan fingerprint density at radius 2 is 0.542 bits per heavy atom. The van der Waals surface area contributed by atoms with E-state index in [-0.39, 0.29) is 24.3 Å². The monoisotopic (exact) mass is 827 g/mol. The Hall–Kier alpha value is -1.12. The van der Waals surface area contributed by atoms with Gasteiger partial charge in [0.25, 0.3) is 0 Å². The summed E-state index contributed by atoms with van der Waals surface area (Å²) in [6.45, 7) is 2.31. The van der Waals surface area contributed by atoms with Crippen LogP contribution in [-0.2, 0) is 14.3 Å². The van der Waals surface area contributed by atoms with E-state index in [1.54, 1.807) is 0 Å². The lowest BCUT2D eigenvalue weighted by molar-refractivity contribution is -0.152. The molecule has 1 unspecified atom stereocenters. The molecule has 0 bridgehead atoms. The van der Waals surface area contributed by atoms with Gasteiger partial charge in [0.05, 0.1) is 12.3 Å². The van der Waals surface area contributed by atoms with E-state index in [9.17, 15) is 9.59 Å². The number of carbonyl (C=O) groups is 2. The van der Waals surface area contributed by atoms with Crippen molar-refractivity contribution in [1.82, 2.24) is 0 Å². The van der Waals surface area contributed by atoms with Crippen LogP contribution in [0.2, 0.25) is 0 Å². The van der Waals surface area contributed by atoms with E-state index < -0.39 is 0 Å². The van der Waals surface area contributed by atoms with Gasteiger partial charge in [0.2, 0.25) is 0 Å². The van der Waals surface area contributed by atoms with Crippen LogP contribution in [0.5, 0.6) is 0 Å². The highest BCUT2D eigenvalue weighted by Gasteiger charge is 2.30. The van der Waals surface area contributed by atoms with E-state index in [0.717, 1.165) is 6.42 Å². The molecule has 0 aliphatic carbocycles. The average molecular weight is 827 g/mol. The first-order valence-corrected chi connectivity index (χ1v) is 27.6. The molecule has 0 aromatic rings. The topological polar surface area (TPSA) is 43.4 Å². The molecule has 0 aromatic carbocycles. The fraction of sp³-hybridized carbons (Fsp3) is 0.929. The van der Waals surface area contributed by atoms with Gasteiger partial charge in [0.1, 0.15) is 0 Å². The van der Waals surface area contributed by atoms with E-state index in [4.69, 9.17) is 0 Å². The minimum Gasteiger partial charge on any atom is -0.393 e. The van der Waals surface area contributed by atoms with Crippen LogP contribution in [0, 0.1) is 5.92 Å². The summed E-state index contributed by atoms with van der Waals surface area (Å²) < 4.78 is 4.58. The molecule has 0 aromatic heterocycles. The lowest BCUT2D eigenvalue weighted by atomic mass is 10.0. The molecule has 0 spiro atoms. The van der Waals surface area contributed by atoms with Crippen molar-refractivity contribution in [3.8, 4) is 0 Å². The van der Waals surface area contributed by atoms with Gasteiger partial charge < -0.3 is 4.74 Å². The summed E-state index contributed by atoms with van der Waals surface area (Å²) in [6.07, 6.45) is 74.8. The molecule has 348 valence electrons. The number of rotatable bonds is 50. The van der Waals surface area contributed by atoms with E-state index in [1.165, 1.54) is 308 Å². The maximum absolute atomic E-state index is 11.4. The minimum atomic E-state index is -0.387. The Bertz CT molecular complexity index is 878. The molecule has 59 heavy (non-hydrogen) atoms. The quantitative estimate of drug-likeness (QED) is 0.0266. The van der Waals surface area contributed by atoms with Crippen LogP contribution in [0.4, 0.5) is 0 Å². The van der Waals surface area contributed by atoms with Gasteiger partial charge in [0.15, 0.2) is 0 Å². The molecule has 1 rings (SSSR count). The van der Waals surface area contributed by atoms with Gasteiger partial charge in [-0.05, 0) is 12.8 Å². The second kappa shape index (κ2) is 47.9. The van der Waals surface area contributed by atoms with Crippen LogP contribution in [0.3, 0.4) is 0 Å². The molecule has 1 aliphatic rings. The van der Waals surface area contributed by atoms with Gasteiger partial charge in [-0.15, -0.1) is 0 Å². The van der Waals surface area contributed by atoms with Crippen molar-refractivity contribution in [1.29, 1.82) is 0 Å². The number of ether oxygens (including phenoxy) is 1. The van der Waals surface area contributed by atoms with E-state index in [2.05, 4.69) is 17.7 Å². The number of esters is 2. The number of unbranched alkanes of at least 4 members (excludes halogenated alkanes) is 48. The molecule has 3 nitrogen and oxygen atoms in total. The van der Waals surface area contributed by atoms with Crippen molar-refractivity contribution in [2.24, 2.45) is 5.92 Å². The number of allylic oxidation sites excluding steroid dienone is 1. The third-order valence-electron chi connectivity index (χ3n) is 13.5. The molecule has 3 heteroatoms. The number of hydrogen-bond acceptors (Lipinski definition) is 3. The summed E-state index contributed by atoms with van der Waals surface area (Å²) in [5.41, 5.74) is 0. The molecule has 0 radical (unpaired) electrons. The van der Waals surface area contributed by atoms with Gasteiger partial charge in [0, 0.05) is 0 Å². The zero-order chi connectivity index (χ0) is 42.2. The highest BCUT2D eigenvalue weighted by molar-refractivity contribution is 5.95. The molecule has 0 saturated carbocycles. The first-order chi connectivity index (χ1) is 29.2. The van der Waals surface area contributed by atoms with Gasteiger partial charge in [-0.25, -0.2) is 0 Å². The van der Waals surface area contributed by atoms with Crippen LogP contribution < -0.4 is 0 Å². The summed E-state index contributed by atoms with van der Waals surface area (Å²) in [4.78, 5) is 22.5. The van der Waals surface area contributed by atoms with Crippen molar-refractivity contribution < 1.29 is 14.3 Å². The third-order valence-corrected chi connectivity index (χ3v) is 13.5. The predicted octanol–water partition coefficient (Wildman–Crippen LogP) is 19.8. The summed E-state index contributed by atoms with van der Waals surface area (Å²) in [5.74, 6) is -1.11. The lowest BCUT2D eigenvalue weighted by Crippen LogP contribution is -2.03. The van der Waals surface area contributed by atoms with Crippen LogP contribution in [0.25, 0.3) is 0 Å². The molecule has 0 N–H and O–H groups in total. The van der Waals surface area contributed by atoms with Gasteiger partial charge in [-0.2, -0.15) is 0 Å². The summed E-state index contributed by atoms with van der Waals surface area (Å²) in [5, 5.41) is 0. The van der Waals surface area contributed by atoms with Crippen molar-refractivity contribution in [2.75, 3.05) is 0 Å². The Balaban J connectivity index is 1.61. The van der Waals surface area contributed by atoms with E-state index >= 15 is 0 Å². The Labute approximate surface area is 371 Å². The van der Waals surface area contributed by atoms with Gasteiger partial charge >= 0.3 is 11.9 Å². The molecule has 1 aliphatic heterocycles. The predicted molar refractivity (Wildman–Crippen MR) is 260 cm³/mol. The zero-order valence-corrected chi connectivity index (χ0v) is 40.3. The maximum atomic E-state index is 11.4. The Morgan fingerprint density at radius 3 is 0.729 bits per heavy atom. The fourth-order valence-electron chi connectivity index (χ4n) is 9.37. The van der Waals surface area contributed by atoms with Crippen LogP contribution in [-0.4, -0.2) is 11.9 Å². The van der Waals surface area contributed by atoms with Crippen molar-refractivity contribution in [2.45, 2.75) is 328 Å². The fourth-order valence-corrected chi connectivity index (χ4v) is 9.37. The Kier molecular flexibility index (Phi) is 45.4. The van der Waals surface area contributed by atoms with Crippen LogP contribution >= 0.6 is 0 Å². The number of hydrogen-bond donors (Lipinski definition) is 0. The zero-order valence-electron chi connectivity index (χ0n) is 40.3. The molecule has 1 saturated heterocycles. The van der Waals surface area contributed by atoms with Gasteiger partial charge in [-0.3, -0.25) is 9.59 Å². The van der Waals surface area contributed by atoms with Crippen molar-refractivity contribution in [3.63, 3.8) is 0 Å². The maximum Gasteiger partial charge on any atom is 0.321 e. The Morgan fingerprint density at radius 1 is 0.339 bits per heavy atom. The van der Waals surface area contributed by atoms with Gasteiger partial charge in [-0.1, -0.05) is 321 Å². The van der Waals surface area contributed by atoms with E-state index in [1.807, 2.05) is 6.08 Å². The molecular weight excluding hydrogens is 721 g/mol. The summed E-state index contributed by atoms with van der Waals surface area (Å²) in [6, 6.07) is 0. The largest absolute Gasteiger partial charge is 0.393 e.